The van der Waals surface area contributed by atoms with Gasteiger partial charge in [-0.1, -0.05) is 42.5 Å². The number of nitrogens with zero attached hydrogens (tertiary/aromatic N) is 2. The summed E-state index contributed by atoms with van der Waals surface area (Å²) in [7, 11) is 0. The summed E-state index contributed by atoms with van der Waals surface area (Å²) >= 11 is 3.41. The van der Waals surface area contributed by atoms with E-state index in [1.165, 1.54) is 42.5 Å². The fourth-order valence-corrected chi connectivity index (χ4v) is 5.92. The molecule has 0 aliphatic heterocycles. The Kier molecular flexibility index (Phi) is 7.41. The van der Waals surface area contributed by atoms with Gasteiger partial charge in [-0.3, -0.25) is 0 Å². The van der Waals surface area contributed by atoms with E-state index in [9.17, 15) is 39.5 Å². The molecule has 0 N–H and O–H groups in total. The molecule has 0 aliphatic rings. The van der Waals surface area contributed by atoms with Gasteiger partial charge in [0.25, 0.3) is 7.79 Å². The van der Waals surface area contributed by atoms with Crippen LogP contribution in [0.4, 0.5) is 39.5 Å². The number of oxazole rings is 2. The predicted molar refractivity (Wildman–Crippen MR) is 158 cm³/mol. The van der Waals surface area contributed by atoms with Gasteiger partial charge in [-0.05, 0) is 46.5 Å². The predicted octanol–water partition coefficient (Wildman–Crippen LogP) is 11.2. The van der Waals surface area contributed by atoms with Crippen LogP contribution in [0.1, 0.15) is 16.7 Å². The molecule has 4 nitrogen and oxygen atoms in total. The van der Waals surface area contributed by atoms with Crippen molar-refractivity contribution >= 4 is 67.4 Å². The SMILES string of the molecule is FC(F)(F)c1cc(-c2ccccc2-c2c3nc(I)oc3c(-c3ccccc3C(F)(F)F)c3nc(I)oc23)cc(C(F)(F)F)c1. The molecule has 15 heteroatoms. The fraction of sp³-hybridized carbons (Fsp3) is 0.103. The van der Waals surface area contributed by atoms with Crippen molar-refractivity contribution in [2.45, 2.75) is 18.5 Å². The molecule has 0 amide bonds. The van der Waals surface area contributed by atoms with Crippen molar-refractivity contribution in [3.63, 3.8) is 0 Å². The largest absolute Gasteiger partial charge is 0.431 e. The average Bonchev–Trinajstić information content (AvgIpc) is 3.51. The van der Waals surface area contributed by atoms with E-state index in [2.05, 4.69) is 9.97 Å². The first-order valence-electron chi connectivity index (χ1n) is 12.2. The van der Waals surface area contributed by atoms with Crippen LogP contribution in [0.15, 0.2) is 75.6 Å². The van der Waals surface area contributed by atoms with Gasteiger partial charge in [0.15, 0.2) is 11.2 Å². The molecule has 0 bridgehead atoms. The second kappa shape index (κ2) is 10.6. The summed E-state index contributed by atoms with van der Waals surface area (Å²) in [5.74, 6) is 0. The summed E-state index contributed by atoms with van der Waals surface area (Å²) < 4.78 is 136. The van der Waals surface area contributed by atoms with E-state index < -0.39 is 40.8 Å². The number of halogens is 11. The van der Waals surface area contributed by atoms with Crippen molar-refractivity contribution in [3.8, 4) is 33.4 Å². The molecule has 44 heavy (non-hydrogen) atoms. The first-order chi connectivity index (χ1) is 20.5. The Morgan fingerprint density at radius 2 is 0.955 bits per heavy atom. The highest BCUT2D eigenvalue weighted by molar-refractivity contribution is 14.1. The fourth-order valence-electron chi connectivity index (χ4n) is 4.99. The number of aromatic nitrogens is 2. The minimum atomic E-state index is -5.09. The van der Waals surface area contributed by atoms with Gasteiger partial charge in [0.1, 0.15) is 11.0 Å². The van der Waals surface area contributed by atoms with Gasteiger partial charge in [-0.2, -0.15) is 39.5 Å². The molecule has 0 aliphatic carbocycles. The Balaban J connectivity index is 1.73. The molecule has 0 saturated heterocycles. The van der Waals surface area contributed by atoms with Gasteiger partial charge < -0.3 is 8.83 Å². The highest BCUT2D eigenvalue weighted by atomic mass is 127. The van der Waals surface area contributed by atoms with E-state index in [1.54, 1.807) is 45.2 Å². The summed E-state index contributed by atoms with van der Waals surface area (Å²) in [6, 6.07) is 11.6. The number of alkyl halides is 9. The van der Waals surface area contributed by atoms with Crippen LogP contribution in [-0.4, -0.2) is 9.97 Å². The zero-order chi connectivity index (χ0) is 31.8. The maximum atomic E-state index is 14.1. The number of fused-ring (bicyclic) bond motifs is 2. The minimum Gasteiger partial charge on any atom is -0.431 e. The van der Waals surface area contributed by atoms with Crippen LogP contribution in [0.25, 0.3) is 55.6 Å². The third-order valence-electron chi connectivity index (χ3n) is 6.73. The standard InChI is InChI=1S/C29H11F9I2N2O2/c30-27(31,32)13-9-12(10-14(11-13)28(33,34)35)15-5-1-2-6-16(15)19-21-24(44-25(39)41-21)20(22-23(19)43-26(40)42-22)17-7-3-4-8-18(17)29(36,37)38/h1-11H. The van der Waals surface area contributed by atoms with Crippen molar-refractivity contribution in [1.82, 2.24) is 9.97 Å². The first-order valence-corrected chi connectivity index (χ1v) is 14.3. The molecule has 2 heterocycles. The summed E-state index contributed by atoms with van der Waals surface area (Å²) in [4.78, 5) is 8.68. The van der Waals surface area contributed by atoms with E-state index >= 15 is 0 Å². The lowest BCUT2D eigenvalue weighted by atomic mass is 9.89. The van der Waals surface area contributed by atoms with Crippen molar-refractivity contribution < 1.29 is 48.3 Å². The monoisotopic (exact) mass is 844 g/mol. The van der Waals surface area contributed by atoms with Gasteiger partial charge in [-0.15, -0.1) is 0 Å². The van der Waals surface area contributed by atoms with Crippen LogP contribution < -0.4 is 0 Å². The zero-order valence-electron chi connectivity index (χ0n) is 21.2. The van der Waals surface area contributed by atoms with Gasteiger partial charge in [0.2, 0.25) is 0 Å². The molecule has 0 atom stereocenters. The molecule has 6 aromatic rings. The van der Waals surface area contributed by atoms with Crippen molar-refractivity contribution in [1.29, 1.82) is 0 Å². The van der Waals surface area contributed by atoms with Crippen LogP contribution in [-0.2, 0) is 18.5 Å². The van der Waals surface area contributed by atoms with Gasteiger partial charge >= 0.3 is 18.5 Å². The Bertz CT molecular complexity index is 1990. The van der Waals surface area contributed by atoms with Gasteiger partial charge in [0.05, 0.1) is 27.8 Å². The highest BCUT2D eigenvalue weighted by Gasteiger charge is 2.38. The van der Waals surface area contributed by atoms with E-state index in [0.29, 0.717) is 12.1 Å². The van der Waals surface area contributed by atoms with Crippen LogP contribution in [0.5, 0.6) is 0 Å². The first kappa shape index (κ1) is 30.7. The topological polar surface area (TPSA) is 52.1 Å². The molecular weight excluding hydrogens is 833 g/mol. The Labute approximate surface area is 267 Å². The van der Waals surface area contributed by atoms with Gasteiger partial charge in [-0.25, -0.2) is 9.97 Å². The summed E-state index contributed by atoms with van der Waals surface area (Å²) in [5, 5.41) is 0. The Morgan fingerprint density at radius 1 is 0.523 bits per heavy atom. The zero-order valence-corrected chi connectivity index (χ0v) is 25.5. The molecule has 4 aromatic carbocycles. The molecule has 6 rings (SSSR count). The lowest BCUT2D eigenvalue weighted by Crippen LogP contribution is -2.11. The molecule has 0 unspecified atom stereocenters. The van der Waals surface area contributed by atoms with Crippen molar-refractivity contribution in [2.24, 2.45) is 0 Å². The molecule has 0 fully saturated rings. The number of benzene rings is 4. The van der Waals surface area contributed by atoms with Crippen LogP contribution in [0.2, 0.25) is 0 Å². The number of hydrogen-bond donors (Lipinski definition) is 0. The lowest BCUT2D eigenvalue weighted by molar-refractivity contribution is -0.143. The van der Waals surface area contributed by atoms with Crippen LogP contribution in [0.3, 0.4) is 0 Å². The average molecular weight is 844 g/mol. The normalized spacial score (nSPS) is 12.9. The maximum absolute atomic E-state index is 14.1. The Morgan fingerprint density at radius 3 is 1.43 bits per heavy atom. The Hall–Kier alpha value is -3.35. The van der Waals surface area contributed by atoms with Crippen LogP contribution in [0, 0.1) is 7.79 Å². The smallest absolute Gasteiger partial charge is 0.417 e. The molecule has 226 valence electrons. The summed E-state index contributed by atoms with van der Waals surface area (Å²) in [5.41, 5.74) is -5.06. The van der Waals surface area contributed by atoms with Crippen molar-refractivity contribution in [3.05, 3.63) is 91.2 Å². The summed E-state index contributed by atoms with van der Waals surface area (Å²) in [6.45, 7) is 0. The van der Waals surface area contributed by atoms with E-state index in [-0.39, 0.29) is 63.9 Å². The summed E-state index contributed by atoms with van der Waals surface area (Å²) in [6.07, 6.45) is -15.0. The number of hydrogen-bond acceptors (Lipinski definition) is 4. The second-order valence-electron chi connectivity index (χ2n) is 9.42. The molecule has 0 saturated carbocycles. The van der Waals surface area contributed by atoms with E-state index in [4.69, 9.17) is 8.83 Å². The molecule has 2 aromatic heterocycles. The second-order valence-corrected chi connectivity index (χ2v) is 11.3. The third-order valence-corrected chi connectivity index (χ3v) is 7.65. The van der Waals surface area contributed by atoms with E-state index in [1.807, 2.05) is 0 Å². The van der Waals surface area contributed by atoms with Crippen molar-refractivity contribution in [2.75, 3.05) is 0 Å². The highest BCUT2D eigenvalue weighted by Crippen LogP contribution is 2.49. The minimum absolute atomic E-state index is 0.00264. The van der Waals surface area contributed by atoms with Crippen LogP contribution >= 0.6 is 45.2 Å². The molecule has 0 radical (unpaired) electrons. The molecule has 0 spiro atoms. The third kappa shape index (κ3) is 5.41. The van der Waals surface area contributed by atoms with Gasteiger partial charge in [0, 0.05) is 45.2 Å². The number of rotatable bonds is 3. The molecular formula is C29H11F9I2N2O2. The lowest BCUT2D eigenvalue weighted by Gasteiger charge is -2.17. The maximum Gasteiger partial charge on any atom is 0.417 e. The van der Waals surface area contributed by atoms with E-state index in [0.717, 1.165) is 6.07 Å². The quantitative estimate of drug-likeness (QED) is 0.132.